The molecular formula is C24H31N3O. The molecule has 0 spiro atoms. The van der Waals surface area contributed by atoms with Crippen LogP contribution in [0.25, 0.3) is 0 Å². The highest BCUT2D eigenvalue weighted by molar-refractivity contribution is 5.89. The third-order valence-electron chi connectivity index (χ3n) is 6.24. The minimum atomic E-state index is 0.0367. The van der Waals surface area contributed by atoms with E-state index >= 15 is 0 Å². The van der Waals surface area contributed by atoms with Crippen LogP contribution in [0.3, 0.4) is 0 Å². The molecule has 1 N–H and O–H groups in total. The molecule has 0 aliphatic carbocycles. The number of rotatable bonds is 4. The highest BCUT2D eigenvalue weighted by Gasteiger charge is 2.25. The Hall–Kier alpha value is -2.33. The molecule has 0 saturated carbocycles. The number of benzene rings is 2. The molecule has 2 heterocycles. The summed E-state index contributed by atoms with van der Waals surface area (Å²) in [5, 5.41) is 3.05. The van der Waals surface area contributed by atoms with Gasteiger partial charge >= 0.3 is 6.03 Å². The van der Waals surface area contributed by atoms with E-state index in [2.05, 4.69) is 53.5 Å². The van der Waals surface area contributed by atoms with Crippen molar-refractivity contribution in [2.75, 3.05) is 31.5 Å². The van der Waals surface area contributed by atoms with Crippen LogP contribution >= 0.6 is 0 Å². The second kappa shape index (κ2) is 8.78. The van der Waals surface area contributed by atoms with E-state index in [0.29, 0.717) is 5.92 Å². The largest absolute Gasteiger partial charge is 0.325 e. The fraction of sp³-hybridized carbons (Fsp3) is 0.458. The van der Waals surface area contributed by atoms with Crippen molar-refractivity contribution in [1.29, 1.82) is 0 Å². The van der Waals surface area contributed by atoms with E-state index in [0.717, 1.165) is 64.1 Å². The number of urea groups is 1. The smallest absolute Gasteiger partial charge is 0.321 e. The van der Waals surface area contributed by atoms with Crippen LogP contribution in [0.4, 0.5) is 10.5 Å². The molecule has 1 saturated heterocycles. The monoisotopic (exact) mass is 377 g/mol. The molecule has 0 unspecified atom stereocenters. The SMILES string of the molecule is CCc1ccc(NC(=O)N2CCC(CN3CCc4ccccc4C3)CC2)cc1. The summed E-state index contributed by atoms with van der Waals surface area (Å²) in [6.07, 6.45) is 4.37. The summed E-state index contributed by atoms with van der Waals surface area (Å²) in [6, 6.07) is 17.0. The second-order valence-corrected chi connectivity index (χ2v) is 8.16. The Morgan fingerprint density at radius 2 is 1.71 bits per heavy atom. The molecule has 4 rings (SSSR count). The van der Waals surface area contributed by atoms with Gasteiger partial charge in [-0.1, -0.05) is 43.3 Å². The Balaban J connectivity index is 1.23. The normalized spacial score (nSPS) is 18.0. The third-order valence-corrected chi connectivity index (χ3v) is 6.24. The number of carbonyl (C=O) groups excluding carboxylic acids is 1. The molecule has 148 valence electrons. The Bertz CT molecular complexity index is 794. The Morgan fingerprint density at radius 1 is 1.00 bits per heavy atom. The number of hydrogen-bond donors (Lipinski definition) is 1. The summed E-state index contributed by atoms with van der Waals surface area (Å²) in [6.45, 7) is 7.24. The molecule has 1 fully saturated rings. The van der Waals surface area contributed by atoms with Crippen molar-refractivity contribution in [2.24, 2.45) is 5.92 Å². The van der Waals surface area contributed by atoms with Gasteiger partial charge in [-0.25, -0.2) is 4.79 Å². The molecule has 0 radical (unpaired) electrons. The number of nitrogens with one attached hydrogen (secondary N) is 1. The van der Waals surface area contributed by atoms with Crippen LogP contribution in [-0.4, -0.2) is 42.0 Å². The first-order chi connectivity index (χ1) is 13.7. The molecule has 28 heavy (non-hydrogen) atoms. The van der Waals surface area contributed by atoms with Gasteiger partial charge in [0.2, 0.25) is 0 Å². The third kappa shape index (κ3) is 4.56. The molecular weight excluding hydrogens is 346 g/mol. The van der Waals surface area contributed by atoms with E-state index in [4.69, 9.17) is 0 Å². The van der Waals surface area contributed by atoms with Gasteiger partial charge in [-0.3, -0.25) is 4.90 Å². The fourth-order valence-electron chi connectivity index (χ4n) is 4.42. The van der Waals surface area contributed by atoms with Gasteiger partial charge in [-0.2, -0.15) is 0 Å². The molecule has 2 aromatic rings. The van der Waals surface area contributed by atoms with Crippen molar-refractivity contribution >= 4 is 11.7 Å². The van der Waals surface area contributed by atoms with Gasteiger partial charge in [0.1, 0.15) is 0 Å². The van der Waals surface area contributed by atoms with E-state index in [1.807, 2.05) is 17.0 Å². The molecule has 0 atom stereocenters. The molecule has 0 bridgehead atoms. The summed E-state index contributed by atoms with van der Waals surface area (Å²) < 4.78 is 0. The van der Waals surface area contributed by atoms with Crippen LogP contribution in [0.1, 0.15) is 36.5 Å². The van der Waals surface area contributed by atoms with Crippen molar-refractivity contribution in [1.82, 2.24) is 9.80 Å². The zero-order valence-corrected chi connectivity index (χ0v) is 16.9. The number of likely N-dealkylation sites (tertiary alicyclic amines) is 1. The van der Waals surface area contributed by atoms with Crippen molar-refractivity contribution in [3.8, 4) is 0 Å². The lowest BCUT2D eigenvalue weighted by Crippen LogP contribution is -2.44. The molecule has 2 aliphatic heterocycles. The Labute approximate surface area is 168 Å². The molecule has 2 amide bonds. The van der Waals surface area contributed by atoms with Gasteiger partial charge in [-0.15, -0.1) is 0 Å². The first kappa shape index (κ1) is 19.0. The van der Waals surface area contributed by atoms with Crippen LogP contribution < -0.4 is 5.32 Å². The topological polar surface area (TPSA) is 35.6 Å². The van der Waals surface area contributed by atoms with Gasteiger partial charge in [0.05, 0.1) is 0 Å². The zero-order chi connectivity index (χ0) is 19.3. The molecule has 2 aliphatic rings. The summed E-state index contributed by atoms with van der Waals surface area (Å²) in [7, 11) is 0. The maximum absolute atomic E-state index is 12.6. The predicted octanol–water partition coefficient (Wildman–Crippen LogP) is 4.55. The van der Waals surface area contributed by atoms with Crippen molar-refractivity contribution in [2.45, 2.75) is 39.2 Å². The van der Waals surface area contributed by atoms with Crippen LogP contribution in [0, 0.1) is 5.92 Å². The van der Waals surface area contributed by atoms with Gasteiger partial charge < -0.3 is 10.2 Å². The Morgan fingerprint density at radius 3 is 2.43 bits per heavy atom. The minimum Gasteiger partial charge on any atom is -0.325 e. The van der Waals surface area contributed by atoms with Gasteiger partial charge in [0.15, 0.2) is 0 Å². The first-order valence-electron chi connectivity index (χ1n) is 10.7. The van der Waals surface area contributed by atoms with E-state index in [1.165, 1.54) is 16.7 Å². The minimum absolute atomic E-state index is 0.0367. The highest BCUT2D eigenvalue weighted by atomic mass is 16.2. The number of anilines is 1. The van der Waals surface area contributed by atoms with Crippen molar-refractivity contribution in [3.05, 3.63) is 65.2 Å². The lowest BCUT2D eigenvalue weighted by atomic mass is 9.94. The fourth-order valence-corrected chi connectivity index (χ4v) is 4.42. The Kier molecular flexibility index (Phi) is 5.96. The number of fused-ring (bicyclic) bond motifs is 1. The second-order valence-electron chi connectivity index (χ2n) is 8.16. The van der Waals surface area contributed by atoms with Crippen LogP contribution in [0.5, 0.6) is 0 Å². The number of nitrogens with zero attached hydrogens (tertiary/aromatic N) is 2. The lowest BCUT2D eigenvalue weighted by molar-refractivity contribution is 0.147. The maximum atomic E-state index is 12.6. The van der Waals surface area contributed by atoms with E-state index in [9.17, 15) is 4.79 Å². The molecule has 4 heteroatoms. The van der Waals surface area contributed by atoms with E-state index in [-0.39, 0.29) is 6.03 Å². The number of aryl methyl sites for hydroxylation is 1. The lowest BCUT2D eigenvalue weighted by Gasteiger charge is -2.36. The average molecular weight is 378 g/mol. The van der Waals surface area contributed by atoms with Crippen LogP contribution in [-0.2, 0) is 19.4 Å². The maximum Gasteiger partial charge on any atom is 0.321 e. The number of piperidine rings is 1. The molecule has 4 nitrogen and oxygen atoms in total. The van der Waals surface area contributed by atoms with E-state index < -0.39 is 0 Å². The molecule has 2 aromatic carbocycles. The van der Waals surface area contributed by atoms with Gasteiger partial charge in [-0.05, 0) is 60.4 Å². The number of amides is 2. The summed E-state index contributed by atoms with van der Waals surface area (Å²) in [5.74, 6) is 0.693. The summed E-state index contributed by atoms with van der Waals surface area (Å²) >= 11 is 0. The van der Waals surface area contributed by atoms with Gasteiger partial charge in [0.25, 0.3) is 0 Å². The van der Waals surface area contributed by atoms with Gasteiger partial charge in [0, 0.05) is 38.4 Å². The molecule has 0 aromatic heterocycles. The average Bonchev–Trinajstić information content (AvgIpc) is 2.75. The number of hydrogen-bond acceptors (Lipinski definition) is 2. The standard InChI is InChI=1S/C24H31N3O/c1-2-19-7-9-23(10-8-19)25-24(28)27-15-11-20(12-16-27)17-26-14-13-21-5-3-4-6-22(21)18-26/h3-10,20H,2,11-18H2,1H3,(H,25,28). The predicted molar refractivity (Wildman–Crippen MR) is 115 cm³/mol. The quantitative estimate of drug-likeness (QED) is 0.848. The van der Waals surface area contributed by atoms with Crippen molar-refractivity contribution < 1.29 is 4.79 Å². The van der Waals surface area contributed by atoms with Crippen LogP contribution in [0.15, 0.2) is 48.5 Å². The zero-order valence-electron chi connectivity index (χ0n) is 16.9. The first-order valence-corrected chi connectivity index (χ1v) is 10.7. The van der Waals surface area contributed by atoms with Crippen LogP contribution in [0.2, 0.25) is 0 Å². The van der Waals surface area contributed by atoms with E-state index in [1.54, 1.807) is 0 Å². The summed E-state index contributed by atoms with van der Waals surface area (Å²) in [5.41, 5.74) is 5.17. The highest BCUT2D eigenvalue weighted by Crippen LogP contribution is 2.24. The number of carbonyl (C=O) groups is 1. The van der Waals surface area contributed by atoms with Crippen molar-refractivity contribution in [3.63, 3.8) is 0 Å². The summed E-state index contributed by atoms with van der Waals surface area (Å²) in [4.78, 5) is 17.1.